The van der Waals surface area contributed by atoms with Crippen molar-refractivity contribution in [3.63, 3.8) is 0 Å². The molecule has 0 saturated heterocycles. The number of ketones is 1. The predicted molar refractivity (Wildman–Crippen MR) is 116 cm³/mol. The van der Waals surface area contributed by atoms with E-state index in [0.717, 1.165) is 5.69 Å². The molecular weight excluding hydrogens is 404 g/mol. The van der Waals surface area contributed by atoms with Crippen LogP contribution in [0.4, 0.5) is 11.4 Å². The van der Waals surface area contributed by atoms with Gasteiger partial charge in [0.1, 0.15) is 5.78 Å². The van der Waals surface area contributed by atoms with Crippen LogP contribution in [0.1, 0.15) is 12.8 Å². The first kappa shape index (κ1) is 21.0. The quantitative estimate of drug-likeness (QED) is 0.155. The lowest BCUT2D eigenvalue weighted by molar-refractivity contribution is -0.128. The van der Waals surface area contributed by atoms with E-state index in [1.807, 2.05) is 30.3 Å². The third kappa shape index (κ3) is 8.29. The largest absolute Gasteiger partial charge is 0.373 e. The maximum atomic E-state index is 12.0. The van der Waals surface area contributed by atoms with Gasteiger partial charge >= 0.3 is 0 Å². The molecule has 0 radical (unpaired) electrons. The number of carbonyl (C=O) groups is 2. The fourth-order valence-corrected chi connectivity index (χ4v) is 2.76. The van der Waals surface area contributed by atoms with Crippen LogP contribution in [0.15, 0.2) is 54.6 Å². The van der Waals surface area contributed by atoms with E-state index in [2.05, 4.69) is 34.1 Å². The monoisotopic (exact) mass is 422 g/mol. The van der Waals surface area contributed by atoms with E-state index in [4.69, 9.17) is 23.8 Å². The van der Waals surface area contributed by atoms with Crippen molar-refractivity contribution in [2.45, 2.75) is 18.2 Å². The number of halogens is 1. The Morgan fingerprint density at radius 3 is 2.33 bits per heavy atom. The molecular formula is C18H19ClN4O2S2. The Balaban J connectivity index is 1.67. The van der Waals surface area contributed by atoms with Crippen molar-refractivity contribution in [1.82, 2.24) is 10.9 Å². The number of hydrazine groups is 1. The van der Waals surface area contributed by atoms with E-state index in [1.165, 1.54) is 0 Å². The van der Waals surface area contributed by atoms with Gasteiger partial charge < -0.3 is 10.6 Å². The summed E-state index contributed by atoms with van der Waals surface area (Å²) in [4.78, 5) is 23.8. The molecule has 4 N–H and O–H groups in total. The molecule has 0 aliphatic carbocycles. The molecule has 0 saturated carbocycles. The van der Waals surface area contributed by atoms with E-state index in [1.54, 1.807) is 24.3 Å². The summed E-state index contributed by atoms with van der Waals surface area (Å²) in [5.41, 5.74) is 6.50. The Bertz CT molecular complexity index is 788. The molecule has 0 aromatic heterocycles. The third-order valence-corrected chi connectivity index (χ3v) is 4.07. The van der Waals surface area contributed by atoms with Gasteiger partial charge in [-0.1, -0.05) is 29.8 Å². The minimum absolute atomic E-state index is 0.110. The molecule has 0 spiro atoms. The maximum absolute atomic E-state index is 12.0. The lowest BCUT2D eigenvalue weighted by Crippen LogP contribution is -2.44. The molecule has 0 aliphatic heterocycles. The molecule has 0 bridgehead atoms. The van der Waals surface area contributed by atoms with Crippen molar-refractivity contribution in [2.24, 2.45) is 0 Å². The van der Waals surface area contributed by atoms with Crippen LogP contribution >= 0.6 is 36.4 Å². The van der Waals surface area contributed by atoms with Crippen LogP contribution in [-0.4, -0.2) is 22.2 Å². The van der Waals surface area contributed by atoms with Gasteiger partial charge in [0.2, 0.25) is 5.91 Å². The van der Waals surface area contributed by atoms with Gasteiger partial charge in [-0.25, -0.2) is 0 Å². The van der Waals surface area contributed by atoms with Gasteiger partial charge in [-0.05, 0) is 48.6 Å². The fourth-order valence-electron chi connectivity index (χ4n) is 2.11. The van der Waals surface area contributed by atoms with Crippen LogP contribution in [0.3, 0.4) is 0 Å². The van der Waals surface area contributed by atoms with Crippen LogP contribution in [0, 0.1) is 0 Å². The Morgan fingerprint density at radius 1 is 1.00 bits per heavy atom. The molecule has 9 heteroatoms. The van der Waals surface area contributed by atoms with E-state index >= 15 is 0 Å². The number of rotatable bonds is 7. The minimum atomic E-state index is -0.486. The van der Waals surface area contributed by atoms with E-state index in [0.29, 0.717) is 10.7 Å². The summed E-state index contributed by atoms with van der Waals surface area (Å²) in [5, 5.41) is 6.38. The van der Waals surface area contributed by atoms with Gasteiger partial charge in [0.15, 0.2) is 5.11 Å². The molecule has 27 heavy (non-hydrogen) atoms. The van der Waals surface area contributed by atoms with Gasteiger partial charge in [0.25, 0.3) is 0 Å². The summed E-state index contributed by atoms with van der Waals surface area (Å²) in [5.74, 6) is -0.727. The van der Waals surface area contributed by atoms with E-state index in [-0.39, 0.29) is 29.1 Å². The number of anilines is 2. The van der Waals surface area contributed by atoms with Crippen molar-refractivity contribution in [1.29, 1.82) is 0 Å². The van der Waals surface area contributed by atoms with Crippen molar-refractivity contribution in [2.75, 3.05) is 10.6 Å². The van der Waals surface area contributed by atoms with Gasteiger partial charge in [0.05, 0.1) is 11.8 Å². The number of para-hydroxylation sites is 1. The summed E-state index contributed by atoms with van der Waals surface area (Å²) >= 11 is 15.2. The first-order chi connectivity index (χ1) is 12.9. The highest BCUT2D eigenvalue weighted by molar-refractivity contribution is 7.81. The second-order valence-electron chi connectivity index (χ2n) is 5.58. The maximum Gasteiger partial charge on any atom is 0.245 e. The van der Waals surface area contributed by atoms with Gasteiger partial charge in [-0.3, -0.25) is 20.4 Å². The number of hydrogen-bond donors (Lipinski definition) is 5. The smallest absolute Gasteiger partial charge is 0.245 e. The van der Waals surface area contributed by atoms with Crippen LogP contribution in [-0.2, 0) is 9.59 Å². The van der Waals surface area contributed by atoms with Crippen LogP contribution in [0.25, 0.3) is 0 Å². The lowest BCUT2D eigenvalue weighted by atomic mass is 10.2. The predicted octanol–water partition coefficient (Wildman–Crippen LogP) is 3.37. The summed E-state index contributed by atoms with van der Waals surface area (Å²) in [6, 6.07) is 16.3. The van der Waals surface area contributed by atoms with Crippen molar-refractivity contribution >= 4 is 64.6 Å². The fraction of sp³-hybridized carbons (Fsp3) is 0.167. The van der Waals surface area contributed by atoms with Crippen LogP contribution < -0.4 is 21.5 Å². The van der Waals surface area contributed by atoms with E-state index in [9.17, 15) is 9.59 Å². The average molecular weight is 423 g/mol. The molecule has 2 aromatic rings. The molecule has 1 amide bonds. The molecule has 2 aromatic carbocycles. The average Bonchev–Trinajstić information content (AvgIpc) is 2.62. The third-order valence-electron chi connectivity index (χ3n) is 3.30. The zero-order valence-corrected chi connectivity index (χ0v) is 16.7. The Hall–Kier alpha value is -2.29. The molecule has 6 nitrogen and oxygen atoms in total. The number of thiol groups is 1. The Morgan fingerprint density at radius 2 is 1.67 bits per heavy atom. The number of carbonyl (C=O) groups excluding carboxylic acids is 2. The van der Waals surface area contributed by atoms with Crippen molar-refractivity contribution < 1.29 is 9.59 Å². The van der Waals surface area contributed by atoms with Crippen LogP contribution in [0.5, 0.6) is 0 Å². The van der Waals surface area contributed by atoms with Crippen LogP contribution in [0.2, 0.25) is 5.02 Å². The second kappa shape index (κ2) is 10.8. The molecule has 0 aliphatic rings. The number of Topliss-reactive ketones (excluding diaryl/α,β-unsaturated/α-hetero) is 1. The highest BCUT2D eigenvalue weighted by atomic mass is 35.5. The zero-order valence-electron chi connectivity index (χ0n) is 14.2. The first-order valence-electron chi connectivity index (χ1n) is 8.05. The SMILES string of the molecule is O=C(CC(=O)NNC(=S)Nc1ccc(Cl)cc1)CC(S)Nc1ccccc1. The molecule has 0 heterocycles. The molecule has 1 unspecified atom stereocenters. The number of amides is 1. The Labute approximate surface area is 173 Å². The summed E-state index contributed by atoms with van der Waals surface area (Å²) in [6.45, 7) is 0. The molecule has 142 valence electrons. The zero-order chi connectivity index (χ0) is 19.6. The number of benzene rings is 2. The van der Waals surface area contributed by atoms with Gasteiger partial charge in [-0.15, -0.1) is 0 Å². The summed E-state index contributed by atoms with van der Waals surface area (Å²) in [7, 11) is 0. The Kier molecular flexibility index (Phi) is 8.38. The van der Waals surface area contributed by atoms with Crippen molar-refractivity contribution in [3.8, 4) is 0 Å². The van der Waals surface area contributed by atoms with Crippen molar-refractivity contribution in [3.05, 3.63) is 59.6 Å². The molecule has 2 rings (SSSR count). The number of nitrogens with one attached hydrogen (secondary N) is 4. The number of hydrogen-bond acceptors (Lipinski definition) is 5. The first-order valence-corrected chi connectivity index (χ1v) is 9.35. The number of thiocarbonyl (C=S) groups is 1. The second-order valence-corrected chi connectivity index (χ2v) is 7.05. The highest BCUT2D eigenvalue weighted by Crippen LogP contribution is 2.13. The van der Waals surface area contributed by atoms with Gasteiger partial charge in [-0.2, -0.15) is 12.6 Å². The standard InChI is InChI=1S/C18H19ClN4O2S2/c19-12-6-8-14(9-7-12)21-18(27)23-22-16(25)10-15(24)11-17(26)20-13-4-2-1-3-5-13/h1-9,17,20,26H,10-11H2,(H,22,25)(H2,21,23,27). The normalized spacial score (nSPS) is 11.2. The molecule has 1 atom stereocenters. The molecule has 0 fully saturated rings. The highest BCUT2D eigenvalue weighted by Gasteiger charge is 2.14. The summed E-state index contributed by atoms with van der Waals surface area (Å²) in [6.07, 6.45) is -0.164. The topological polar surface area (TPSA) is 82.3 Å². The van der Waals surface area contributed by atoms with E-state index < -0.39 is 5.91 Å². The lowest BCUT2D eigenvalue weighted by Gasteiger charge is -2.14. The minimum Gasteiger partial charge on any atom is -0.373 e. The summed E-state index contributed by atoms with van der Waals surface area (Å²) < 4.78 is 0. The van der Waals surface area contributed by atoms with Gasteiger partial charge in [0, 0.05) is 22.8 Å².